The minimum absolute atomic E-state index is 0.551. The molecule has 28 heavy (non-hydrogen) atoms. The molecule has 2 aromatic heterocycles. The van der Waals surface area contributed by atoms with E-state index in [2.05, 4.69) is 12.1 Å². The summed E-state index contributed by atoms with van der Waals surface area (Å²) in [4.78, 5) is 4.88. The Morgan fingerprint density at radius 2 is 1.18 bits per heavy atom. The molecule has 134 valence electrons. The molecule has 5 aromatic rings. The van der Waals surface area contributed by atoms with Crippen molar-refractivity contribution in [3.05, 3.63) is 97.1 Å². The van der Waals surface area contributed by atoms with Gasteiger partial charge in [-0.25, -0.2) is 4.98 Å². The summed E-state index contributed by atoms with van der Waals surface area (Å²) in [6.07, 6.45) is 0. The molecular formula is C25H18N2O. The summed E-state index contributed by atoms with van der Waals surface area (Å²) in [7, 11) is 0. The number of pyridine rings is 1. The molecule has 0 amide bonds. The van der Waals surface area contributed by atoms with Crippen LogP contribution in [0.5, 0.6) is 0 Å². The van der Waals surface area contributed by atoms with Crippen molar-refractivity contribution < 1.29 is 4.42 Å². The highest BCUT2D eigenvalue weighted by molar-refractivity contribution is 6.03. The molecule has 0 aliphatic carbocycles. The molecule has 0 aliphatic rings. The largest absolute Gasteiger partial charge is 0.438 e. The first kappa shape index (κ1) is 16.3. The van der Waals surface area contributed by atoms with Gasteiger partial charge in [-0.15, -0.1) is 0 Å². The van der Waals surface area contributed by atoms with Gasteiger partial charge < -0.3 is 10.2 Å². The standard InChI is InChI=1S/C25H18N2O/c26-23-20-16-21(17-10-4-1-5-11-17)28-25(20)27-24(19-14-8-3-9-15-19)22(23)18-12-6-2-7-13-18/h1-16H,(H2,26,27). The van der Waals surface area contributed by atoms with Gasteiger partial charge in [-0.2, -0.15) is 0 Å². The minimum Gasteiger partial charge on any atom is -0.438 e. The van der Waals surface area contributed by atoms with Gasteiger partial charge in [0.15, 0.2) is 0 Å². The van der Waals surface area contributed by atoms with E-state index in [9.17, 15) is 0 Å². The summed E-state index contributed by atoms with van der Waals surface area (Å²) in [6.45, 7) is 0. The Morgan fingerprint density at radius 1 is 0.643 bits per heavy atom. The summed E-state index contributed by atoms with van der Waals surface area (Å²) >= 11 is 0. The fraction of sp³-hybridized carbons (Fsp3) is 0. The highest BCUT2D eigenvalue weighted by atomic mass is 16.3. The first-order chi connectivity index (χ1) is 13.8. The van der Waals surface area contributed by atoms with Crippen molar-refractivity contribution in [1.82, 2.24) is 4.98 Å². The average molecular weight is 362 g/mol. The number of anilines is 1. The molecule has 0 aliphatic heterocycles. The quantitative estimate of drug-likeness (QED) is 0.403. The fourth-order valence-electron chi connectivity index (χ4n) is 3.52. The van der Waals surface area contributed by atoms with E-state index in [1.165, 1.54) is 0 Å². The van der Waals surface area contributed by atoms with E-state index in [1.807, 2.05) is 84.9 Å². The Labute approximate surface area is 163 Å². The zero-order valence-electron chi connectivity index (χ0n) is 15.2. The highest BCUT2D eigenvalue weighted by Crippen LogP contribution is 2.41. The molecule has 0 radical (unpaired) electrons. The lowest BCUT2D eigenvalue weighted by atomic mass is 9.96. The molecule has 5 rings (SSSR count). The highest BCUT2D eigenvalue weighted by Gasteiger charge is 2.19. The number of benzene rings is 3. The summed E-state index contributed by atoms with van der Waals surface area (Å²) in [5, 5.41) is 0.831. The second kappa shape index (κ2) is 6.71. The zero-order valence-corrected chi connectivity index (χ0v) is 15.2. The average Bonchev–Trinajstić information content (AvgIpc) is 3.20. The summed E-state index contributed by atoms with van der Waals surface area (Å²) in [5.41, 5.74) is 12.7. The van der Waals surface area contributed by atoms with Crippen LogP contribution >= 0.6 is 0 Å². The molecule has 3 aromatic carbocycles. The van der Waals surface area contributed by atoms with Crippen LogP contribution in [0.2, 0.25) is 0 Å². The van der Waals surface area contributed by atoms with Crippen LogP contribution in [0.15, 0.2) is 101 Å². The predicted molar refractivity (Wildman–Crippen MR) is 115 cm³/mol. The molecule has 0 saturated heterocycles. The van der Waals surface area contributed by atoms with Gasteiger partial charge in [-0.3, -0.25) is 0 Å². The summed E-state index contributed by atoms with van der Waals surface area (Å²) in [6, 6.07) is 32.2. The van der Waals surface area contributed by atoms with E-state index in [0.717, 1.165) is 39.1 Å². The number of rotatable bonds is 3. The topological polar surface area (TPSA) is 52.0 Å². The van der Waals surface area contributed by atoms with Crippen LogP contribution in [0.1, 0.15) is 0 Å². The van der Waals surface area contributed by atoms with Crippen molar-refractivity contribution in [2.75, 3.05) is 5.73 Å². The normalized spacial score (nSPS) is 11.0. The molecule has 0 spiro atoms. The Kier molecular flexibility index (Phi) is 3.91. The molecule has 0 bridgehead atoms. The van der Waals surface area contributed by atoms with Crippen molar-refractivity contribution in [3.63, 3.8) is 0 Å². The summed E-state index contributed by atoms with van der Waals surface area (Å²) < 4.78 is 6.10. The lowest BCUT2D eigenvalue weighted by Crippen LogP contribution is -1.97. The Morgan fingerprint density at radius 3 is 1.79 bits per heavy atom. The number of fused-ring (bicyclic) bond motifs is 1. The number of aromatic nitrogens is 1. The molecular weight excluding hydrogens is 344 g/mol. The van der Waals surface area contributed by atoms with Crippen molar-refractivity contribution in [2.24, 2.45) is 0 Å². The third-order valence-corrected chi connectivity index (χ3v) is 4.89. The Hall–Kier alpha value is -3.85. The molecule has 0 unspecified atom stereocenters. The van der Waals surface area contributed by atoms with Gasteiger partial charge >= 0.3 is 0 Å². The second-order valence-electron chi connectivity index (χ2n) is 6.68. The number of nitrogens with two attached hydrogens (primary N) is 1. The lowest BCUT2D eigenvalue weighted by molar-refractivity contribution is 0.619. The van der Waals surface area contributed by atoms with Crippen LogP contribution in [0.4, 0.5) is 5.69 Å². The van der Waals surface area contributed by atoms with Crippen molar-refractivity contribution in [3.8, 4) is 33.7 Å². The number of nitrogen functional groups attached to an aromatic ring is 1. The lowest BCUT2D eigenvalue weighted by Gasteiger charge is -2.13. The predicted octanol–water partition coefficient (Wildman–Crippen LogP) is 6.41. The zero-order chi connectivity index (χ0) is 18.9. The monoisotopic (exact) mass is 362 g/mol. The van der Waals surface area contributed by atoms with E-state index in [4.69, 9.17) is 15.1 Å². The maximum Gasteiger partial charge on any atom is 0.229 e. The summed E-state index contributed by atoms with van der Waals surface area (Å²) in [5.74, 6) is 0.763. The molecule has 2 N–H and O–H groups in total. The second-order valence-corrected chi connectivity index (χ2v) is 6.68. The minimum atomic E-state index is 0.551. The number of hydrogen-bond acceptors (Lipinski definition) is 3. The first-order valence-electron chi connectivity index (χ1n) is 9.20. The van der Waals surface area contributed by atoms with E-state index in [0.29, 0.717) is 11.4 Å². The van der Waals surface area contributed by atoms with Crippen LogP contribution in [0.25, 0.3) is 44.8 Å². The van der Waals surface area contributed by atoms with Crippen LogP contribution in [-0.2, 0) is 0 Å². The SMILES string of the molecule is Nc1c(-c2ccccc2)c(-c2ccccc2)nc2oc(-c3ccccc3)cc12. The number of hydrogen-bond donors (Lipinski definition) is 1. The van der Waals surface area contributed by atoms with Crippen LogP contribution in [0, 0.1) is 0 Å². The van der Waals surface area contributed by atoms with Crippen LogP contribution in [0.3, 0.4) is 0 Å². The Balaban J connectivity index is 1.81. The smallest absolute Gasteiger partial charge is 0.229 e. The van der Waals surface area contributed by atoms with Gasteiger partial charge in [-0.05, 0) is 11.6 Å². The molecule has 0 atom stereocenters. The van der Waals surface area contributed by atoms with Crippen LogP contribution in [-0.4, -0.2) is 4.98 Å². The van der Waals surface area contributed by atoms with Gasteiger partial charge in [0.25, 0.3) is 0 Å². The number of furan rings is 1. The first-order valence-corrected chi connectivity index (χ1v) is 9.20. The molecule has 3 heteroatoms. The maximum atomic E-state index is 6.68. The fourth-order valence-corrected chi connectivity index (χ4v) is 3.52. The van der Waals surface area contributed by atoms with Gasteiger partial charge in [0.2, 0.25) is 5.71 Å². The third-order valence-electron chi connectivity index (χ3n) is 4.89. The third kappa shape index (κ3) is 2.74. The van der Waals surface area contributed by atoms with Gasteiger partial charge in [0.05, 0.1) is 16.8 Å². The molecule has 3 nitrogen and oxygen atoms in total. The van der Waals surface area contributed by atoms with E-state index in [1.54, 1.807) is 0 Å². The van der Waals surface area contributed by atoms with Crippen molar-refractivity contribution >= 4 is 16.8 Å². The number of nitrogens with zero attached hydrogens (tertiary/aromatic N) is 1. The van der Waals surface area contributed by atoms with Crippen molar-refractivity contribution in [1.29, 1.82) is 0 Å². The maximum absolute atomic E-state index is 6.68. The van der Waals surface area contributed by atoms with Gasteiger partial charge in [-0.1, -0.05) is 91.0 Å². The molecule has 0 fully saturated rings. The van der Waals surface area contributed by atoms with Gasteiger partial charge in [0, 0.05) is 16.7 Å². The molecule has 2 heterocycles. The van der Waals surface area contributed by atoms with E-state index >= 15 is 0 Å². The van der Waals surface area contributed by atoms with Gasteiger partial charge in [0.1, 0.15) is 5.76 Å². The van der Waals surface area contributed by atoms with E-state index in [-0.39, 0.29) is 0 Å². The van der Waals surface area contributed by atoms with Crippen LogP contribution < -0.4 is 5.73 Å². The van der Waals surface area contributed by atoms with Crippen molar-refractivity contribution in [2.45, 2.75) is 0 Å². The molecule has 0 saturated carbocycles. The Bertz CT molecular complexity index is 1240. The van der Waals surface area contributed by atoms with E-state index < -0.39 is 0 Å².